The van der Waals surface area contributed by atoms with Gasteiger partial charge in [-0.05, 0) is 13.3 Å². The first-order valence-corrected chi connectivity index (χ1v) is 6.35. The Kier molecular flexibility index (Phi) is 3.58. The number of hydrogen-bond donors (Lipinski definition) is 1. The zero-order valence-corrected chi connectivity index (χ0v) is 11.0. The summed E-state index contributed by atoms with van der Waals surface area (Å²) in [5.74, 6) is -0.0913. The number of aromatic nitrogens is 2. The van der Waals surface area contributed by atoms with Crippen LogP contribution in [0.2, 0.25) is 0 Å². The molecular formula is C10H16N4O2S. The number of anilines is 1. The summed E-state index contributed by atoms with van der Waals surface area (Å²) in [7, 11) is 3.55. The molecule has 0 saturated carbocycles. The summed E-state index contributed by atoms with van der Waals surface area (Å²) in [4.78, 5) is 13.9. The lowest BCUT2D eigenvalue weighted by Gasteiger charge is -2.25. The predicted octanol–water partition coefficient (Wildman–Crippen LogP) is 0.829. The average molecular weight is 256 g/mol. The van der Waals surface area contributed by atoms with Crippen LogP contribution < -0.4 is 5.32 Å². The van der Waals surface area contributed by atoms with Gasteiger partial charge in [0.1, 0.15) is 0 Å². The van der Waals surface area contributed by atoms with Crippen LogP contribution >= 0.6 is 11.3 Å². The van der Waals surface area contributed by atoms with Crippen molar-refractivity contribution < 1.29 is 9.53 Å². The molecule has 0 aliphatic carbocycles. The third kappa shape index (κ3) is 2.39. The molecule has 1 aromatic rings. The molecule has 1 aliphatic rings. The van der Waals surface area contributed by atoms with Gasteiger partial charge in [0.15, 0.2) is 0 Å². The molecule has 1 aromatic heterocycles. The third-order valence-electron chi connectivity index (χ3n) is 2.98. The van der Waals surface area contributed by atoms with Crippen LogP contribution in [0, 0.1) is 0 Å². The van der Waals surface area contributed by atoms with Crippen LogP contribution in [0.15, 0.2) is 0 Å². The van der Waals surface area contributed by atoms with Crippen molar-refractivity contribution in [2.75, 3.05) is 26.0 Å². The molecule has 1 fully saturated rings. The molecule has 0 bridgehead atoms. The first-order chi connectivity index (χ1) is 8.13. The van der Waals surface area contributed by atoms with E-state index in [1.807, 2.05) is 6.92 Å². The van der Waals surface area contributed by atoms with Crippen LogP contribution in [-0.4, -0.2) is 53.9 Å². The molecule has 7 heteroatoms. The zero-order valence-electron chi connectivity index (χ0n) is 10.1. The minimum absolute atomic E-state index is 0.0839. The number of hydrogen-bond acceptors (Lipinski definition) is 6. The van der Waals surface area contributed by atoms with Crippen molar-refractivity contribution in [1.29, 1.82) is 0 Å². The Balaban J connectivity index is 2.08. The van der Waals surface area contributed by atoms with Gasteiger partial charge < -0.3 is 15.0 Å². The van der Waals surface area contributed by atoms with Gasteiger partial charge in [-0.1, -0.05) is 11.3 Å². The molecule has 2 atom stereocenters. The van der Waals surface area contributed by atoms with Crippen LogP contribution in [0.25, 0.3) is 0 Å². The number of ether oxygens (including phenoxy) is 1. The van der Waals surface area contributed by atoms with Crippen molar-refractivity contribution in [2.45, 2.75) is 25.5 Å². The molecule has 0 aromatic carbocycles. The van der Waals surface area contributed by atoms with E-state index in [0.29, 0.717) is 16.7 Å². The quantitative estimate of drug-likeness (QED) is 0.867. The van der Waals surface area contributed by atoms with Crippen LogP contribution in [-0.2, 0) is 4.74 Å². The highest BCUT2D eigenvalue weighted by molar-refractivity contribution is 7.17. The van der Waals surface area contributed by atoms with E-state index >= 15 is 0 Å². The van der Waals surface area contributed by atoms with E-state index in [1.165, 1.54) is 11.3 Å². The molecular weight excluding hydrogens is 240 g/mol. The number of nitrogens with one attached hydrogen (secondary N) is 1. The van der Waals surface area contributed by atoms with E-state index in [4.69, 9.17) is 4.74 Å². The standard InChI is InChI=1S/C10H16N4O2S/c1-6-7(4-5-16-6)14(3)9(15)8-12-13-10(11-2)17-8/h6-7H,4-5H2,1-3H3,(H,11,13). The molecule has 17 heavy (non-hydrogen) atoms. The number of likely N-dealkylation sites (N-methyl/N-ethyl adjacent to an activating group) is 1. The van der Waals surface area contributed by atoms with Crippen molar-refractivity contribution in [3.8, 4) is 0 Å². The number of nitrogens with zero attached hydrogens (tertiary/aromatic N) is 3. The molecule has 94 valence electrons. The highest BCUT2D eigenvalue weighted by Gasteiger charge is 2.32. The van der Waals surface area contributed by atoms with Gasteiger partial charge in [-0.15, -0.1) is 10.2 Å². The van der Waals surface area contributed by atoms with Crippen molar-refractivity contribution in [1.82, 2.24) is 15.1 Å². The number of carbonyl (C=O) groups excluding carboxylic acids is 1. The summed E-state index contributed by atoms with van der Waals surface area (Å²) < 4.78 is 5.46. The Bertz CT molecular complexity index is 409. The highest BCUT2D eigenvalue weighted by atomic mass is 32.1. The van der Waals surface area contributed by atoms with Crippen LogP contribution in [0.5, 0.6) is 0 Å². The Hall–Kier alpha value is -1.21. The summed E-state index contributed by atoms with van der Waals surface area (Å²) in [5.41, 5.74) is 0. The second-order valence-electron chi connectivity index (χ2n) is 4.01. The maximum atomic E-state index is 12.2. The van der Waals surface area contributed by atoms with Gasteiger partial charge >= 0.3 is 0 Å². The van der Waals surface area contributed by atoms with E-state index in [-0.39, 0.29) is 18.1 Å². The fourth-order valence-electron chi connectivity index (χ4n) is 1.94. The minimum atomic E-state index is -0.0913. The molecule has 6 nitrogen and oxygen atoms in total. The molecule has 1 N–H and O–H groups in total. The van der Waals surface area contributed by atoms with E-state index in [2.05, 4.69) is 15.5 Å². The maximum Gasteiger partial charge on any atom is 0.284 e. The zero-order chi connectivity index (χ0) is 12.4. The lowest BCUT2D eigenvalue weighted by atomic mass is 10.1. The Morgan fingerprint density at radius 1 is 1.59 bits per heavy atom. The molecule has 2 unspecified atom stereocenters. The first kappa shape index (κ1) is 12.3. The fourth-order valence-corrected chi connectivity index (χ4v) is 2.62. The first-order valence-electron chi connectivity index (χ1n) is 5.53. The van der Waals surface area contributed by atoms with Crippen molar-refractivity contribution in [3.63, 3.8) is 0 Å². The van der Waals surface area contributed by atoms with Gasteiger partial charge in [0.25, 0.3) is 5.91 Å². The fraction of sp³-hybridized carbons (Fsp3) is 0.700. The summed E-state index contributed by atoms with van der Waals surface area (Å²) in [6.07, 6.45) is 0.960. The minimum Gasteiger partial charge on any atom is -0.376 e. The van der Waals surface area contributed by atoms with Crippen molar-refractivity contribution >= 4 is 22.4 Å². The highest BCUT2D eigenvalue weighted by Crippen LogP contribution is 2.22. The second kappa shape index (κ2) is 4.97. The van der Waals surface area contributed by atoms with E-state index < -0.39 is 0 Å². The van der Waals surface area contributed by atoms with Gasteiger partial charge in [0.2, 0.25) is 10.1 Å². The van der Waals surface area contributed by atoms with Gasteiger partial charge in [-0.3, -0.25) is 4.79 Å². The smallest absolute Gasteiger partial charge is 0.284 e. The number of rotatable bonds is 3. The lowest BCUT2D eigenvalue weighted by Crippen LogP contribution is -2.40. The summed E-state index contributed by atoms with van der Waals surface area (Å²) >= 11 is 1.26. The Morgan fingerprint density at radius 3 is 2.88 bits per heavy atom. The van der Waals surface area contributed by atoms with Crippen molar-refractivity contribution in [3.05, 3.63) is 5.01 Å². The second-order valence-corrected chi connectivity index (χ2v) is 4.99. The normalized spacial score (nSPS) is 23.7. The van der Waals surface area contributed by atoms with Crippen LogP contribution in [0.4, 0.5) is 5.13 Å². The van der Waals surface area contributed by atoms with Gasteiger partial charge in [-0.25, -0.2) is 0 Å². The monoisotopic (exact) mass is 256 g/mol. The molecule has 1 amide bonds. The molecule has 1 aliphatic heterocycles. The molecule has 0 spiro atoms. The van der Waals surface area contributed by atoms with Gasteiger partial charge in [0.05, 0.1) is 12.1 Å². The maximum absolute atomic E-state index is 12.2. The van der Waals surface area contributed by atoms with E-state index in [0.717, 1.165) is 6.42 Å². The summed E-state index contributed by atoms with van der Waals surface area (Å²) in [6, 6.07) is 0.129. The number of carbonyl (C=O) groups is 1. The Labute approximate surface area is 104 Å². The molecule has 2 heterocycles. The molecule has 0 radical (unpaired) electrons. The summed E-state index contributed by atoms with van der Waals surface area (Å²) in [5, 5.41) is 11.7. The largest absolute Gasteiger partial charge is 0.376 e. The lowest BCUT2D eigenvalue weighted by molar-refractivity contribution is 0.0573. The number of amides is 1. The molecule has 1 saturated heterocycles. The van der Waals surface area contributed by atoms with Gasteiger partial charge in [-0.2, -0.15) is 0 Å². The van der Waals surface area contributed by atoms with Crippen LogP contribution in [0.1, 0.15) is 23.1 Å². The SMILES string of the molecule is CNc1nnc(C(=O)N(C)C2CCOC2C)s1. The summed E-state index contributed by atoms with van der Waals surface area (Å²) in [6.45, 7) is 2.70. The molecule has 2 rings (SSSR count). The predicted molar refractivity (Wildman–Crippen MR) is 65.4 cm³/mol. The topological polar surface area (TPSA) is 67.4 Å². The van der Waals surface area contributed by atoms with E-state index in [1.54, 1.807) is 19.0 Å². The Morgan fingerprint density at radius 2 is 2.35 bits per heavy atom. The van der Waals surface area contributed by atoms with Crippen molar-refractivity contribution in [2.24, 2.45) is 0 Å². The van der Waals surface area contributed by atoms with E-state index in [9.17, 15) is 4.79 Å². The third-order valence-corrected chi connectivity index (χ3v) is 3.90. The average Bonchev–Trinajstić information content (AvgIpc) is 2.95. The van der Waals surface area contributed by atoms with Gasteiger partial charge in [0, 0.05) is 20.7 Å². The van der Waals surface area contributed by atoms with Crippen LogP contribution in [0.3, 0.4) is 0 Å².